The number of benzene rings is 1. The van der Waals surface area contributed by atoms with E-state index in [1.165, 1.54) is 14.2 Å². The van der Waals surface area contributed by atoms with Crippen LogP contribution in [0, 0.1) is 0 Å². The molecule has 5 atom stereocenters. The third kappa shape index (κ3) is 3.63. The van der Waals surface area contributed by atoms with Crippen LogP contribution in [0.1, 0.15) is 10.4 Å². The smallest absolute Gasteiger partial charge is 0.338 e. The predicted octanol–water partition coefficient (Wildman–Crippen LogP) is -0.0485. The Morgan fingerprint density at radius 1 is 1.14 bits per heavy atom. The lowest BCUT2D eigenvalue weighted by molar-refractivity contribution is -0.295. The number of carbonyl (C=O) groups excluding carboxylic acids is 1. The summed E-state index contributed by atoms with van der Waals surface area (Å²) in [6.07, 6.45) is -4.88. The molecule has 7 nitrogen and oxygen atoms in total. The Balaban J connectivity index is 1.96. The van der Waals surface area contributed by atoms with E-state index in [1.54, 1.807) is 30.3 Å². The van der Waals surface area contributed by atoms with E-state index in [9.17, 15) is 15.0 Å². The zero-order chi connectivity index (χ0) is 16.1. The molecule has 0 unspecified atom stereocenters. The number of aliphatic hydroxyl groups excluding tert-OH is 2. The molecule has 1 fully saturated rings. The van der Waals surface area contributed by atoms with Gasteiger partial charge in [-0.2, -0.15) is 0 Å². The van der Waals surface area contributed by atoms with Crippen molar-refractivity contribution in [1.29, 1.82) is 0 Å². The van der Waals surface area contributed by atoms with Gasteiger partial charge in [-0.05, 0) is 12.1 Å². The largest absolute Gasteiger partial charge is 0.459 e. The van der Waals surface area contributed by atoms with Gasteiger partial charge in [-0.15, -0.1) is 0 Å². The summed E-state index contributed by atoms with van der Waals surface area (Å²) in [7, 11) is 2.77. The van der Waals surface area contributed by atoms with E-state index in [0.717, 1.165) is 0 Å². The average molecular weight is 312 g/mol. The number of rotatable bonds is 5. The number of hydrogen-bond donors (Lipinski definition) is 2. The summed E-state index contributed by atoms with van der Waals surface area (Å²) in [5, 5.41) is 20.1. The maximum Gasteiger partial charge on any atom is 0.338 e. The Labute approximate surface area is 128 Å². The highest BCUT2D eigenvalue weighted by atomic mass is 16.7. The standard InChI is InChI=1S/C15H20O7/c1-19-12-11(16)10(22-15(18)13(12)20-2)8-21-14(17)9-6-4-3-5-7-9/h3-7,10-13,15-16,18H,8H2,1-2H3/t10-,11-,12+,13-,15+/m1/s1. The van der Waals surface area contributed by atoms with Crippen LogP contribution in [0.15, 0.2) is 30.3 Å². The van der Waals surface area contributed by atoms with Gasteiger partial charge in [0.2, 0.25) is 0 Å². The molecule has 2 rings (SSSR count). The first-order chi connectivity index (χ1) is 10.6. The molecular weight excluding hydrogens is 292 g/mol. The molecule has 1 aromatic rings. The molecule has 2 N–H and O–H groups in total. The minimum atomic E-state index is -1.28. The molecule has 1 aromatic carbocycles. The fraction of sp³-hybridized carbons (Fsp3) is 0.533. The maximum absolute atomic E-state index is 11.9. The molecule has 0 radical (unpaired) electrons. The first kappa shape index (κ1) is 16.9. The van der Waals surface area contributed by atoms with Gasteiger partial charge < -0.3 is 29.2 Å². The Bertz CT molecular complexity index is 478. The maximum atomic E-state index is 11.9. The van der Waals surface area contributed by atoms with Crippen molar-refractivity contribution in [2.24, 2.45) is 0 Å². The van der Waals surface area contributed by atoms with Crippen LogP contribution in [0.5, 0.6) is 0 Å². The molecule has 1 aliphatic rings. The lowest BCUT2D eigenvalue weighted by Crippen LogP contribution is -2.60. The summed E-state index contributed by atoms with van der Waals surface area (Å²) < 4.78 is 20.6. The average Bonchev–Trinajstić information content (AvgIpc) is 2.55. The van der Waals surface area contributed by atoms with Crippen LogP contribution in [0.3, 0.4) is 0 Å². The molecule has 0 bridgehead atoms. The van der Waals surface area contributed by atoms with Gasteiger partial charge in [0.15, 0.2) is 6.29 Å². The summed E-state index contributed by atoms with van der Waals surface area (Å²) in [5.41, 5.74) is 0.395. The van der Waals surface area contributed by atoms with E-state index in [1.807, 2.05) is 0 Å². The monoisotopic (exact) mass is 312 g/mol. The van der Waals surface area contributed by atoms with Gasteiger partial charge in [-0.25, -0.2) is 4.79 Å². The molecule has 122 valence electrons. The lowest BCUT2D eigenvalue weighted by Gasteiger charge is -2.41. The highest BCUT2D eigenvalue weighted by Gasteiger charge is 2.45. The molecule has 7 heteroatoms. The SMILES string of the molecule is CO[C@@H]1[C@@H](OC)[C@H](O)[C@@H](COC(=O)c2ccccc2)O[C@@H]1O. The van der Waals surface area contributed by atoms with Crippen LogP contribution in [-0.2, 0) is 18.9 Å². The van der Waals surface area contributed by atoms with Crippen LogP contribution < -0.4 is 0 Å². The molecule has 1 aliphatic heterocycles. The number of methoxy groups -OCH3 is 2. The number of hydrogen-bond acceptors (Lipinski definition) is 7. The van der Waals surface area contributed by atoms with Gasteiger partial charge in [0.05, 0.1) is 5.56 Å². The summed E-state index contributed by atoms with van der Waals surface area (Å²) in [6.45, 7) is -0.206. The van der Waals surface area contributed by atoms with Crippen LogP contribution in [0.4, 0.5) is 0 Å². The van der Waals surface area contributed by atoms with Gasteiger partial charge in [-0.3, -0.25) is 0 Å². The second kappa shape index (κ2) is 7.66. The fourth-order valence-corrected chi connectivity index (χ4v) is 2.38. The topological polar surface area (TPSA) is 94.5 Å². The molecule has 22 heavy (non-hydrogen) atoms. The third-order valence-corrected chi connectivity index (χ3v) is 3.57. The molecule has 1 heterocycles. The number of aliphatic hydroxyl groups is 2. The van der Waals surface area contributed by atoms with Gasteiger partial charge in [0, 0.05) is 14.2 Å². The van der Waals surface area contributed by atoms with Crippen molar-refractivity contribution in [2.45, 2.75) is 30.7 Å². The minimum absolute atomic E-state index is 0.206. The van der Waals surface area contributed by atoms with Gasteiger partial charge in [0.25, 0.3) is 0 Å². The minimum Gasteiger partial charge on any atom is -0.459 e. The van der Waals surface area contributed by atoms with Crippen molar-refractivity contribution >= 4 is 5.97 Å². The molecular formula is C15H20O7. The zero-order valence-corrected chi connectivity index (χ0v) is 12.4. The van der Waals surface area contributed by atoms with Gasteiger partial charge in [-0.1, -0.05) is 18.2 Å². The summed E-state index contributed by atoms with van der Waals surface area (Å²) in [6, 6.07) is 8.46. The van der Waals surface area contributed by atoms with E-state index in [0.29, 0.717) is 5.56 Å². The Kier molecular flexibility index (Phi) is 5.87. The van der Waals surface area contributed by atoms with E-state index in [-0.39, 0.29) is 6.61 Å². The lowest BCUT2D eigenvalue weighted by atomic mass is 9.99. The number of ether oxygens (including phenoxy) is 4. The van der Waals surface area contributed by atoms with Crippen molar-refractivity contribution in [3.05, 3.63) is 35.9 Å². The van der Waals surface area contributed by atoms with Gasteiger partial charge in [0.1, 0.15) is 31.0 Å². The Morgan fingerprint density at radius 2 is 1.77 bits per heavy atom. The van der Waals surface area contributed by atoms with Gasteiger partial charge >= 0.3 is 5.97 Å². The van der Waals surface area contributed by atoms with E-state index >= 15 is 0 Å². The first-order valence-electron chi connectivity index (χ1n) is 6.87. The molecule has 0 spiro atoms. The molecule has 0 amide bonds. The molecule has 1 saturated heterocycles. The normalized spacial score (nSPS) is 31.7. The highest BCUT2D eigenvalue weighted by Crippen LogP contribution is 2.24. The molecule has 0 aliphatic carbocycles. The van der Waals surface area contributed by atoms with Crippen LogP contribution in [0.2, 0.25) is 0 Å². The van der Waals surface area contributed by atoms with Crippen molar-refractivity contribution in [3.8, 4) is 0 Å². The quantitative estimate of drug-likeness (QED) is 0.736. The van der Waals surface area contributed by atoms with Crippen molar-refractivity contribution < 1.29 is 34.0 Å². The number of esters is 1. The summed E-state index contributed by atoms with van der Waals surface area (Å²) >= 11 is 0. The second-order valence-electron chi connectivity index (χ2n) is 4.92. The van der Waals surface area contributed by atoms with E-state index in [2.05, 4.69) is 0 Å². The van der Waals surface area contributed by atoms with Crippen LogP contribution in [-0.4, -0.2) is 67.7 Å². The Morgan fingerprint density at radius 3 is 2.36 bits per heavy atom. The fourth-order valence-electron chi connectivity index (χ4n) is 2.38. The summed E-state index contributed by atoms with van der Waals surface area (Å²) in [4.78, 5) is 11.9. The number of carbonyl (C=O) groups is 1. The second-order valence-corrected chi connectivity index (χ2v) is 4.92. The molecule has 0 saturated carbocycles. The summed E-state index contributed by atoms with van der Waals surface area (Å²) in [5.74, 6) is -0.534. The predicted molar refractivity (Wildman–Crippen MR) is 75.2 cm³/mol. The van der Waals surface area contributed by atoms with Crippen LogP contribution >= 0.6 is 0 Å². The first-order valence-corrected chi connectivity index (χ1v) is 6.87. The van der Waals surface area contributed by atoms with Crippen molar-refractivity contribution in [1.82, 2.24) is 0 Å². The molecule has 0 aromatic heterocycles. The zero-order valence-electron chi connectivity index (χ0n) is 12.4. The van der Waals surface area contributed by atoms with E-state index < -0.39 is 36.7 Å². The third-order valence-electron chi connectivity index (χ3n) is 3.57. The van der Waals surface area contributed by atoms with Crippen molar-refractivity contribution in [3.63, 3.8) is 0 Å². The highest BCUT2D eigenvalue weighted by molar-refractivity contribution is 5.89. The van der Waals surface area contributed by atoms with Crippen molar-refractivity contribution in [2.75, 3.05) is 20.8 Å². The van der Waals surface area contributed by atoms with E-state index in [4.69, 9.17) is 18.9 Å². The van der Waals surface area contributed by atoms with Crippen LogP contribution in [0.25, 0.3) is 0 Å². The Hall–Kier alpha value is -1.51.